The van der Waals surface area contributed by atoms with Crippen molar-refractivity contribution in [3.05, 3.63) is 47.8 Å². The lowest BCUT2D eigenvalue weighted by Gasteiger charge is -2.11. The van der Waals surface area contributed by atoms with Crippen LogP contribution in [0, 0.1) is 5.82 Å². The molecule has 5 heteroatoms. The standard InChI is InChI=1S/C15H14FNO3/c1-18-11-5-6-12(16)13(7-11)17-8-10-3-2-4-14-15(10)20-9-19-14/h2-7,17H,8-9H2,1H3. The Morgan fingerprint density at radius 1 is 1.25 bits per heavy atom. The van der Waals surface area contributed by atoms with Gasteiger partial charge in [-0.25, -0.2) is 4.39 Å². The van der Waals surface area contributed by atoms with Crippen LogP contribution in [0.5, 0.6) is 17.2 Å². The van der Waals surface area contributed by atoms with E-state index in [9.17, 15) is 4.39 Å². The van der Waals surface area contributed by atoms with Gasteiger partial charge in [-0.3, -0.25) is 0 Å². The topological polar surface area (TPSA) is 39.7 Å². The monoisotopic (exact) mass is 275 g/mol. The van der Waals surface area contributed by atoms with Crippen LogP contribution in [0.25, 0.3) is 0 Å². The highest BCUT2D eigenvalue weighted by Gasteiger charge is 2.17. The van der Waals surface area contributed by atoms with E-state index in [-0.39, 0.29) is 12.6 Å². The predicted molar refractivity (Wildman–Crippen MR) is 72.8 cm³/mol. The van der Waals surface area contributed by atoms with E-state index in [2.05, 4.69) is 5.32 Å². The largest absolute Gasteiger partial charge is 0.497 e. The summed E-state index contributed by atoms with van der Waals surface area (Å²) >= 11 is 0. The molecule has 0 bridgehead atoms. The Balaban J connectivity index is 1.79. The summed E-state index contributed by atoms with van der Waals surface area (Å²) in [6.45, 7) is 0.663. The van der Waals surface area contributed by atoms with E-state index < -0.39 is 0 Å². The maximum absolute atomic E-state index is 13.7. The third kappa shape index (κ3) is 2.34. The SMILES string of the molecule is COc1ccc(F)c(NCc2cccc3c2OCO3)c1. The van der Waals surface area contributed by atoms with Gasteiger partial charge in [-0.1, -0.05) is 12.1 Å². The Bertz CT molecular complexity index is 631. The smallest absolute Gasteiger partial charge is 0.231 e. The van der Waals surface area contributed by atoms with Crippen molar-refractivity contribution >= 4 is 5.69 Å². The number of para-hydroxylation sites is 1. The first kappa shape index (κ1) is 12.6. The number of benzene rings is 2. The molecule has 1 aliphatic rings. The summed E-state index contributed by atoms with van der Waals surface area (Å²) in [5.74, 6) is 1.71. The predicted octanol–water partition coefficient (Wildman–Crippen LogP) is 3.18. The molecule has 3 rings (SSSR count). The van der Waals surface area contributed by atoms with E-state index in [4.69, 9.17) is 14.2 Å². The van der Waals surface area contributed by atoms with E-state index in [1.165, 1.54) is 6.07 Å². The lowest BCUT2D eigenvalue weighted by molar-refractivity contribution is 0.173. The van der Waals surface area contributed by atoms with Gasteiger partial charge in [0.15, 0.2) is 11.5 Å². The van der Waals surface area contributed by atoms with Gasteiger partial charge in [0.05, 0.1) is 12.8 Å². The van der Waals surface area contributed by atoms with Crippen LogP contribution in [-0.2, 0) is 6.54 Å². The number of ether oxygens (including phenoxy) is 3. The molecule has 2 aromatic rings. The van der Waals surface area contributed by atoms with Gasteiger partial charge in [-0.05, 0) is 18.2 Å². The van der Waals surface area contributed by atoms with Crippen molar-refractivity contribution in [2.45, 2.75) is 6.54 Å². The third-order valence-corrected chi connectivity index (χ3v) is 3.12. The van der Waals surface area contributed by atoms with Gasteiger partial charge < -0.3 is 19.5 Å². The molecule has 2 aromatic carbocycles. The molecule has 0 amide bonds. The van der Waals surface area contributed by atoms with Crippen molar-refractivity contribution < 1.29 is 18.6 Å². The van der Waals surface area contributed by atoms with E-state index in [1.807, 2.05) is 18.2 Å². The normalized spacial score (nSPS) is 12.3. The summed E-state index contributed by atoms with van der Waals surface area (Å²) < 4.78 is 29.5. The second kappa shape index (κ2) is 5.28. The first-order chi connectivity index (χ1) is 9.78. The maximum Gasteiger partial charge on any atom is 0.231 e. The number of rotatable bonds is 4. The zero-order chi connectivity index (χ0) is 13.9. The molecule has 1 heterocycles. The minimum Gasteiger partial charge on any atom is -0.497 e. The molecule has 0 aliphatic carbocycles. The average molecular weight is 275 g/mol. The fraction of sp³-hybridized carbons (Fsp3) is 0.200. The highest BCUT2D eigenvalue weighted by molar-refractivity contribution is 5.53. The Kier molecular flexibility index (Phi) is 3.33. The summed E-state index contributed by atoms with van der Waals surface area (Å²) in [7, 11) is 1.55. The molecule has 0 fully saturated rings. The summed E-state index contributed by atoms with van der Waals surface area (Å²) in [6.07, 6.45) is 0. The van der Waals surface area contributed by atoms with E-state index >= 15 is 0 Å². The van der Waals surface area contributed by atoms with Crippen molar-refractivity contribution in [2.75, 3.05) is 19.2 Å². The number of anilines is 1. The van der Waals surface area contributed by atoms with E-state index in [0.29, 0.717) is 23.7 Å². The van der Waals surface area contributed by atoms with Gasteiger partial charge in [0.2, 0.25) is 6.79 Å². The van der Waals surface area contributed by atoms with Crippen LogP contribution >= 0.6 is 0 Å². The first-order valence-corrected chi connectivity index (χ1v) is 6.23. The van der Waals surface area contributed by atoms with Crippen LogP contribution in [0.2, 0.25) is 0 Å². The molecule has 0 atom stereocenters. The summed E-state index contributed by atoms with van der Waals surface area (Å²) in [5, 5.41) is 3.04. The Labute approximate surface area is 116 Å². The molecule has 0 unspecified atom stereocenters. The highest BCUT2D eigenvalue weighted by Crippen LogP contribution is 2.35. The number of fused-ring (bicyclic) bond motifs is 1. The minimum absolute atomic E-state index is 0.222. The zero-order valence-corrected chi connectivity index (χ0v) is 11.0. The summed E-state index contributed by atoms with van der Waals surface area (Å²) in [4.78, 5) is 0. The Morgan fingerprint density at radius 3 is 3.00 bits per heavy atom. The Hall–Kier alpha value is -2.43. The van der Waals surface area contributed by atoms with Gasteiger partial charge >= 0.3 is 0 Å². The second-order valence-electron chi connectivity index (χ2n) is 4.35. The van der Waals surface area contributed by atoms with Crippen LogP contribution in [0.15, 0.2) is 36.4 Å². The van der Waals surface area contributed by atoms with Crippen molar-refractivity contribution in [2.24, 2.45) is 0 Å². The molecular weight excluding hydrogens is 261 g/mol. The maximum atomic E-state index is 13.7. The molecule has 0 radical (unpaired) electrons. The van der Waals surface area contributed by atoms with Crippen LogP contribution in [0.4, 0.5) is 10.1 Å². The third-order valence-electron chi connectivity index (χ3n) is 3.12. The number of methoxy groups -OCH3 is 1. The lowest BCUT2D eigenvalue weighted by Crippen LogP contribution is -2.03. The van der Waals surface area contributed by atoms with Crippen LogP contribution in [0.3, 0.4) is 0 Å². The van der Waals surface area contributed by atoms with Crippen molar-refractivity contribution in [1.82, 2.24) is 0 Å². The molecule has 1 N–H and O–H groups in total. The molecular formula is C15H14FNO3. The molecule has 4 nitrogen and oxygen atoms in total. The zero-order valence-electron chi connectivity index (χ0n) is 11.0. The first-order valence-electron chi connectivity index (χ1n) is 6.23. The van der Waals surface area contributed by atoms with Gasteiger partial charge in [0.1, 0.15) is 11.6 Å². The highest BCUT2D eigenvalue weighted by atomic mass is 19.1. The van der Waals surface area contributed by atoms with Gasteiger partial charge in [0.25, 0.3) is 0 Å². The number of hydrogen-bond acceptors (Lipinski definition) is 4. The summed E-state index contributed by atoms with van der Waals surface area (Å²) in [5.41, 5.74) is 1.31. The Morgan fingerprint density at radius 2 is 2.15 bits per heavy atom. The molecule has 0 spiro atoms. The van der Waals surface area contributed by atoms with Crippen LogP contribution in [0.1, 0.15) is 5.56 Å². The molecule has 0 saturated carbocycles. The molecule has 20 heavy (non-hydrogen) atoms. The van der Waals surface area contributed by atoms with E-state index in [1.54, 1.807) is 19.2 Å². The fourth-order valence-electron chi connectivity index (χ4n) is 2.09. The van der Waals surface area contributed by atoms with Crippen molar-refractivity contribution in [3.63, 3.8) is 0 Å². The lowest BCUT2D eigenvalue weighted by atomic mass is 10.2. The minimum atomic E-state index is -0.324. The van der Waals surface area contributed by atoms with Gasteiger partial charge in [-0.15, -0.1) is 0 Å². The molecule has 0 saturated heterocycles. The fourth-order valence-corrected chi connectivity index (χ4v) is 2.09. The average Bonchev–Trinajstić information content (AvgIpc) is 2.95. The van der Waals surface area contributed by atoms with E-state index in [0.717, 1.165) is 11.3 Å². The summed E-state index contributed by atoms with van der Waals surface area (Å²) in [6, 6.07) is 10.2. The van der Waals surface area contributed by atoms with Gasteiger partial charge in [0, 0.05) is 18.2 Å². The van der Waals surface area contributed by atoms with Crippen molar-refractivity contribution in [1.29, 1.82) is 0 Å². The molecule has 0 aromatic heterocycles. The quantitative estimate of drug-likeness (QED) is 0.930. The number of nitrogens with one attached hydrogen (secondary N) is 1. The number of halogens is 1. The molecule has 1 aliphatic heterocycles. The van der Waals surface area contributed by atoms with Gasteiger partial charge in [-0.2, -0.15) is 0 Å². The van der Waals surface area contributed by atoms with Crippen LogP contribution in [-0.4, -0.2) is 13.9 Å². The molecule has 104 valence electrons. The van der Waals surface area contributed by atoms with Crippen LogP contribution < -0.4 is 19.5 Å². The van der Waals surface area contributed by atoms with Crippen molar-refractivity contribution in [3.8, 4) is 17.2 Å². The second-order valence-corrected chi connectivity index (χ2v) is 4.35. The number of hydrogen-bond donors (Lipinski definition) is 1.